The minimum Gasteiger partial charge on any atom is -0.493 e. The van der Waals surface area contributed by atoms with Gasteiger partial charge in [0.05, 0.1) is 34.1 Å². The minimum absolute atomic E-state index is 0.0362. The van der Waals surface area contributed by atoms with Gasteiger partial charge in [0, 0.05) is 34.9 Å². The maximum Gasteiger partial charge on any atom is 0.203 e. The number of ketones is 1. The van der Waals surface area contributed by atoms with E-state index in [1.54, 1.807) is 50.8 Å². The van der Waals surface area contributed by atoms with Crippen LogP contribution in [0.2, 0.25) is 0 Å². The third-order valence-corrected chi connectivity index (χ3v) is 5.75. The Morgan fingerprint density at radius 2 is 1.51 bits per heavy atom. The highest BCUT2D eigenvalue weighted by molar-refractivity contribution is 6.13. The second-order valence-electron chi connectivity index (χ2n) is 7.97. The standard InChI is InChI=1S/C29H27FN2O5/c1-34-26-15-19(16-27(35-2)29(26)37-4)10-9-18-13-22(30)28(36-3)24(14-18)31-12-11-25(33)21-17-32-23-8-6-5-7-20(21)23/h5-17,31-32H,1-4H3/b10-9+,12-11-. The number of aromatic amines is 1. The molecule has 0 saturated carbocycles. The smallest absolute Gasteiger partial charge is 0.203 e. The number of H-pyrrole nitrogens is 1. The molecule has 7 nitrogen and oxygen atoms in total. The second-order valence-corrected chi connectivity index (χ2v) is 7.97. The summed E-state index contributed by atoms with van der Waals surface area (Å²) in [7, 11) is 6.00. The molecule has 0 fully saturated rings. The van der Waals surface area contributed by atoms with E-state index in [2.05, 4.69) is 10.3 Å². The van der Waals surface area contributed by atoms with Crippen molar-refractivity contribution in [3.8, 4) is 23.0 Å². The summed E-state index contributed by atoms with van der Waals surface area (Å²) in [5.41, 5.74) is 3.14. The van der Waals surface area contributed by atoms with Gasteiger partial charge in [0.1, 0.15) is 0 Å². The van der Waals surface area contributed by atoms with Crippen LogP contribution < -0.4 is 24.3 Å². The highest BCUT2D eigenvalue weighted by Gasteiger charge is 2.14. The van der Waals surface area contributed by atoms with Crippen LogP contribution in [0.5, 0.6) is 23.0 Å². The summed E-state index contributed by atoms with van der Waals surface area (Å²) < 4.78 is 36.2. The molecule has 0 aliphatic heterocycles. The summed E-state index contributed by atoms with van der Waals surface area (Å²) in [6.07, 6.45) is 8.08. The van der Waals surface area contributed by atoms with Crippen LogP contribution in [-0.2, 0) is 0 Å². The van der Waals surface area contributed by atoms with Gasteiger partial charge in [-0.2, -0.15) is 0 Å². The van der Waals surface area contributed by atoms with Gasteiger partial charge < -0.3 is 29.2 Å². The fraction of sp³-hybridized carbons (Fsp3) is 0.138. The van der Waals surface area contributed by atoms with Gasteiger partial charge in [-0.25, -0.2) is 4.39 Å². The molecule has 0 amide bonds. The van der Waals surface area contributed by atoms with Crippen LogP contribution in [0, 0.1) is 5.82 Å². The molecule has 0 aliphatic rings. The van der Waals surface area contributed by atoms with E-state index in [-0.39, 0.29) is 11.5 Å². The zero-order chi connectivity index (χ0) is 26.4. The first-order valence-corrected chi connectivity index (χ1v) is 11.4. The number of halogens is 1. The quantitative estimate of drug-likeness (QED) is 0.150. The van der Waals surface area contributed by atoms with Gasteiger partial charge >= 0.3 is 0 Å². The maximum absolute atomic E-state index is 14.8. The topological polar surface area (TPSA) is 81.8 Å². The van der Waals surface area contributed by atoms with Crippen LogP contribution in [0.1, 0.15) is 21.5 Å². The lowest BCUT2D eigenvalue weighted by Gasteiger charge is -2.13. The van der Waals surface area contributed by atoms with E-state index in [4.69, 9.17) is 18.9 Å². The molecular weight excluding hydrogens is 475 g/mol. The van der Waals surface area contributed by atoms with Crippen molar-refractivity contribution < 1.29 is 28.1 Å². The molecule has 3 aromatic carbocycles. The number of rotatable bonds is 10. The third kappa shape index (κ3) is 5.43. The van der Waals surface area contributed by atoms with Crippen LogP contribution in [0.25, 0.3) is 23.1 Å². The zero-order valence-corrected chi connectivity index (χ0v) is 20.9. The monoisotopic (exact) mass is 502 g/mol. The fourth-order valence-electron chi connectivity index (χ4n) is 3.99. The molecule has 0 bridgehead atoms. The molecule has 1 heterocycles. The van der Waals surface area contributed by atoms with E-state index >= 15 is 0 Å². The van der Waals surface area contributed by atoms with E-state index in [0.717, 1.165) is 16.5 Å². The van der Waals surface area contributed by atoms with Gasteiger partial charge in [-0.15, -0.1) is 0 Å². The Balaban J connectivity index is 1.57. The first-order valence-electron chi connectivity index (χ1n) is 11.4. The number of anilines is 1. The Hall–Kier alpha value is -4.72. The van der Waals surface area contributed by atoms with Gasteiger partial charge in [-0.05, 0) is 41.5 Å². The first-order chi connectivity index (χ1) is 18.0. The van der Waals surface area contributed by atoms with Gasteiger partial charge in [-0.1, -0.05) is 30.4 Å². The van der Waals surface area contributed by atoms with Crippen molar-refractivity contribution in [2.45, 2.75) is 0 Å². The first kappa shape index (κ1) is 25.4. The number of fused-ring (bicyclic) bond motifs is 1. The molecule has 0 unspecified atom stereocenters. The van der Waals surface area contributed by atoms with Crippen LogP contribution >= 0.6 is 0 Å². The third-order valence-electron chi connectivity index (χ3n) is 5.75. The number of aromatic nitrogens is 1. The van der Waals surface area contributed by atoms with Gasteiger partial charge in [-0.3, -0.25) is 4.79 Å². The molecule has 8 heteroatoms. The van der Waals surface area contributed by atoms with Crippen molar-refractivity contribution >= 4 is 34.5 Å². The number of ether oxygens (including phenoxy) is 4. The molecule has 0 aliphatic carbocycles. The van der Waals surface area contributed by atoms with Crippen molar-refractivity contribution in [1.82, 2.24) is 4.98 Å². The Bertz CT molecular complexity index is 1460. The summed E-state index contributed by atoms with van der Waals surface area (Å²) in [4.78, 5) is 15.8. The summed E-state index contributed by atoms with van der Waals surface area (Å²) >= 11 is 0. The number of benzene rings is 3. The number of allylic oxidation sites excluding steroid dienone is 1. The summed E-state index contributed by atoms with van der Waals surface area (Å²) in [5.74, 6) is 0.799. The Labute approximate surface area is 214 Å². The summed E-state index contributed by atoms with van der Waals surface area (Å²) in [6, 6.07) is 14.2. The predicted molar refractivity (Wildman–Crippen MR) is 143 cm³/mol. The molecule has 2 N–H and O–H groups in total. The fourth-order valence-corrected chi connectivity index (χ4v) is 3.99. The lowest BCUT2D eigenvalue weighted by molar-refractivity contribution is 0.104. The lowest BCUT2D eigenvalue weighted by Crippen LogP contribution is -1.99. The van der Waals surface area contributed by atoms with Crippen LogP contribution in [0.4, 0.5) is 10.1 Å². The Kier molecular flexibility index (Phi) is 7.78. The Morgan fingerprint density at radius 1 is 0.865 bits per heavy atom. The molecule has 0 spiro atoms. The zero-order valence-electron chi connectivity index (χ0n) is 20.9. The number of carbonyl (C=O) groups excluding carboxylic acids is 1. The minimum atomic E-state index is -0.548. The SMILES string of the molecule is COc1cc(/C=C/c2cc(F)c(OC)c(N/C=C\C(=O)c3c[nH]c4ccccc34)c2)cc(OC)c1OC. The molecule has 4 aromatic rings. The maximum atomic E-state index is 14.8. The summed E-state index contributed by atoms with van der Waals surface area (Å²) in [6.45, 7) is 0. The Morgan fingerprint density at radius 3 is 2.16 bits per heavy atom. The van der Waals surface area contributed by atoms with E-state index in [1.165, 1.54) is 32.6 Å². The van der Waals surface area contributed by atoms with E-state index in [1.807, 2.05) is 24.3 Å². The number of methoxy groups -OCH3 is 4. The molecule has 0 radical (unpaired) electrons. The molecule has 0 atom stereocenters. The van der Waals surface area contributed by atoms with Crippen molar-refractivity contribution in [1.29, 1.82) is 0 Å². The van der Waals surface area contributed by atoms with Crippen LogP contribution in [0.15, 0.2) is 67.0 Å². The number of hydrogen-bond acceptors (Lipinski definition) is 6. The van der Waals surface area contributed by atoms with E-state index < -0.39 is 5.82 Å². The van der Waals surface area contributed by atoms with Crippen molar-refractivity contribution in [3.63, 3.8) is 0 Å². The average molecular weight is 503 g/mol. The predicted octanol–water partition coefficient (Wildman–Crippen LogP) is 6.32. The van der Waals surface area contributed by atoms with Gasteiger partial charge in [0.25, 0.3) is 0 Å². The number of carbonyl (C=O) groups is 1. The highest BCUT2D eigenvalue weighted by Crippen LogP contribution is 2.39. The second kappa shape index (κ2) is 11.3. The molecule has 4 rings (SSSR count). The molecule has 1 aromatic heterocycles. The van der Waals surface area contributed by atoms with Crippen LogP contribution in [-0.4, -0.2) is 39.2 Å². The van der Waals surface area contributed by atoms with Crippen molar-refractivity contribution in [3.05, 3.63) is 89.5 Å². The average Bonchev–Trinajstić information content (AvgIpc) is 3.35. The van der Waals surface area contributed by atoms with E-state index in [9.17, 15) is 9.18 Å². The molecule has 0 saturated heterocycles. The van der Waals surface area contributed by atoms with Crippen molar-refractivity contribution in [2.24, 2.45) is 0 Å². The van der Waals surface area contributed by atoms with E-state index in [0.29, 0.717) is 34.1 Å². The van der Waals surface area contributed by atoms with Crippen molar-refractivity contribution in [2.75, 3.05) is 33.8 Å². The normalized spacial score (nSPS) is 11.3. The molecular formula is C29H27FN2O5. The number of para-hydroxylation sites is 1. The summed E-state index contributed by atoms with van der Waals surface area (Å²) in [5, 5.41) is 3.80. The number of nitrogens with one attached hydrogen (secondary N) is 2. The lowest BCUT2D eigenvalue weighted by atomic mass is 10.1. The highest BCUT2D eigenvalue weighted by atomic mass is 19.1. The number of hydrogen-bond donors (Lipinski definition) is 2. The van der Waals surface area contributed by atoms with Crippen LogP contribution in [0.3, 0.4) is 0 Å². The molecule has 37 heavy (non-hydrogen) atoms. The van der Waals surface area contributed by atoms with Gasteiger partial charge in [0.15, 0.2) is 28.8 Å². The molecule has 190 valence electrons. The van der Waals surface area contributed by atoms with Gasteiger partial charge in [0.2, 0.25) is 5.75 Å². The largest absolute Gasteiger partial charge is 0.493 e.